The number of nitrogens with one attached hydrogen (secondary N) is 1. The third kappa shape index (κ3) is 2.35. The molecular formula is C14H19N3S. The first-order chi connectivity index (χ1) is 8.84. The molecule has 1 N–H and O–H groups in total. The van der Waals surface area contributed by atoms with E-state index < -0.39 is 0 Å². The Morgan fingerprint density at radius 1 is 1.22 bits per heavy atom. The van der Waals surface area contributed by atoms with Crippen LogP contribution in [0, 0.1) is 0 Å². The Labute approximate surface area is 114 Å². The highest BCUT2D eigenvalue weighted by atomic mass is 32.1. The molecule has 1 unspecified atom stereocenters. The highest BCUT2D eigenvalue weighted by Gasteiger charge is 2.31. The van der Waals surface area contributed by atoms with E-state index in [4.69, 9.17) is 12.2 Å². The molecule has 0 bridgehead atoms. The van der Waals surface area contributed by atoms with Crippen LogP contribution in [0.15, 0.2) is 30.3 Å². The summed E-state index contributed by atoms with van der Waals surface area (Å²) in [6.45, 7) is 4.22. The molecule has 2 heterocycles. The first-order valence-electron chi connectivity index (χ1n) is 6.67. The van der Waals surface area contributed by atoms with Gasteiger partial charge in [0.05, 0.1) is 6.17 Å². The summed E-state index contributed by atoms with van der Waals surface area (Å²) in [5.41, 5.74) is 1.34. The average Bonchev–Trinajstić information content (AvgIpc) is 2.43. The van der Waals surface area contributed by atoms with Gasteiger partial charge in [-0.1, -0.05) is 30.3 Å². The zero-order valence-corrected chi connectivity index (χ0v) is 11.3. The summed E-state index contributed by atoms with van der Waals surface area (Å²) in [7, 11) is 0. The minimum Gasteiger partial charge on any atom is -0.345 e. The van der Waals surface area contributed by atoms with Gasteiger partial charge in [0.1, 0.15) is 0 Å². The summed E-state index contributed by atoms with van der Waals surface area (Å²) in [6, 6.07) is 10.6. The van der Waals surface area contributed by atoms with Crippen molar-refractivity contribution in [1.82, 2.24) is 15.1 Å². The fourth-order valence-electron chi connectivity index (χ4n) is 2.78. The Morgan fingerprint density at radius 3 is 2.89 bits per heavy atom. The van der Waals surface area contributed by atoms with Crippen LogP contribution < -0.4 is 5.32 Å². The lowest BCUT2D eigenvalue weighted by atomic mass is 10.1. The van der Waals surface area contributed by atoms with E-state index in [1.165, 1.54) is 12.0 Å². The van der Waals surface area contributed by atoms with Crippen LogP contribution in [0.2, 0.25) is 0 Å². The molecule has 0 radical (unpaired) electrons. The third-order valence-electron chi connectivity index (χ3n) is 3.74. The van der Waals surface area contributed by atoms with Crippen molar-refractivity contribution >= 4 is 17.3 Å². The number of thiocarbonyl (C=S) groups is 1. The van der Waals surface area contributed by atoms with E-state index in [0.29, 0.717) is 6.17 Å². The van der Waals surface area contributed by atoms with Crippen molar-refractivity contribution in [2.45, 2.75) is 25.6 Å². The van der Waals surface area contributed by atoms with E-state index >= 15 is 0 Å². The van der Waals surface area contributed by atoms with Gasteiger partial charge < -0.3 is 9.80 Å². The molecule has 2 fully saturated rings. The molecule has 96 valence electrons. The number of rotatable bonds is 2. The van der Waals surface area contributed by atoms with E-state index in [0.717, 1.165) is 37.7 Å². The molecule has 1 aromatic carbocycles. The van der Waals surface area contributed by atoms with Crippen LogP contribution in [-0.4, -0.2) is 40.7 Å². The lowest BCUT2D eigenvalue weighted by Gasteiger charge is -2.46. The molecule has 0 spiro atoms. The summed E-state index contributed by atoms with van der Waals surface area (Å²) in [4.78, 5) is 4.68. The van der Waals surface area contributed by atoms with Gasteiger partial charge in [-0.3, -0.25) is 5.32 Å². The molecule has 3 rings (SSSR count). The van der Waals surface area contributed by atoms with E-state index in [-0.39, 0.29) is 0 Å². The smallest absolute Gasteiger partial charge is 0.173 e. The van der Waals surface area contributed by atoms with Crippen LogP contribution in [0.25, 0.3) is 0 Å². The van der Waals surface area contributed by atoms with Crippen molar-refractivity contribution in [2.24, 2.45) is 0 Å². The first kappa shape index (κ1) is 11.9. The number of fused-ring (bicyclic) bond motifs is 1. The molecule has 2 aliphatic heterocycles. The summed E-state index contributed by atoms with van der Waals surface area (Å²) in [5, 5.41) is 4.56. The minimum absolute atomic E-state index is 0.471. The number of nitrogens with zero attached hydrogens (tertiary/aromatic N) is 2. The largest absolute Gasteiger partial charge is 0.345 e. The van der Waals surface area contributed by atoms with Gasteiger partial charge in [-0.2, -0.15) is 0 Å². The Bertz CT molecular complexity index is 420. The maximum Gasteiger partial charge on any atom is 0.173 e. The fourth-order valence-corrected chi connectivity index (χ4v) is 3.15. The minimum atomic E-state index is 0.471. The number of benzene rings is 1. The van der Waals surface area contributed by atoms with Crippen LogP contribution in [0.1, 0.15) is 18.4 Å². The second-order valence-corrected chi connectivity index (χ2v) is 5.36. The van der Waals surface area contributed by atoms with E-state index in [9.17, 15) is 0 Å². The van der Waals surface area contributed by atoms with Crippen LogP contribution in [0.4, 0.5) is 0 Å². The van der Waals surface area contributed by atoms with Gasteiger partial charge in [-0.15, -0.1) is 0 Å². The van der Waals surface area contributed by atoms with Crippen molar-refractivity contribution in [3.05, 3.63) is 35.9 Å². The van der Waals surface area contributed by atoms with Crippen molar-refractivity contribution in [2.75, 3.05) is 19.6 Å². The monoisotopic (exact) mass is 261 g/mol. The van der Waals surface area contributed by atoms with Gasteiger partial charge in [0.25, 0.3) is 0 Å². The van der Waals surface area contributed by atoms with E-state index in [2.05, 4.69) is 45.4 Å². The molecule has 2 saturated heterocycles. The van der Waals surface area contributed by atoms with Crippen LogP contribution >= 0.6 is 12.2 Å². The molecule has 3 nitrogen and oxygen atoms in total. The Morgan fingerprint density at radius 2 is 2.06 bits per heavy atom. The van der Waals surface area contributed by atoms with Gasteiger partial charge in [0.2, 0.25) is 0 Å². The predicted molar refractivity (Wildman–Crippen MR) is 77.2 cm³/mol. The lowest BCUT2D eigenvalue weighted by Crippen LogP contribution is -2.61. The van der Waals surface area contributed by atoms with Crippen LogP contribution in [0.5, 0.6) is 0 Å². The Hall–Kier alpha value is -1.13. The molecule has 4 heteroatoms. The number of hydrogen-bond acceptors (Lipinski definition) is 2. The maximum atomic E-state index is 5.64. The topological polar surface area (TPSA) is 18.5 Å². The summed E-state index contributed by atoms with van der Waals surface area (Å²) in [6.07, 6.45) is 2.82. The van der Waals surface area contributed by atoms with Crippen LogP contribution in [0.3, 0.4) is 0 Å². The second kappa shape index (κ2) is 5.24. The van der Waals surface area contributed by atoms with Crippen molar-refractivity contribution in [3.63, 3.8) is 0 Å². The Balaban J connectivity index is 1.69. The standard InChI is InChI=1S/C14H19N3S/c18-14-16(11-12-5-2-1-3-6-12)10-7-13-15-8-4-9-17(13)14/h1-3,5-6,13,15H,4,7-11H2. The maximum absolute atomic E-state index is 5.64. The van der Waals surface area contributed by atoms with Crippen LogP contribution in [-0.2, 0) is 6.54 Å². The molecule has 0 amide bonds. The van der Waals surface area contributed by atoms with Crippen molar-refractivity contribution in [3.8, 4) is 0 Å². The molecular weight excluding hydrogens is 242 g/mol. The molecule has 18 heavy (non-hydrogen) atoms. The first-order valence-corrected chi connectivity index (χ1v) is 7.08. The third-order valence-corrected chi connectivity index (χ3v) is 4.23. The van der Waals surface area contributed by atoms with Gasteiger partial charge in [0.15, 0.2) is 5.11 Å². The lowest BCUT2D eigenvalue weighted by molar-refractivity contribution is 0.140. The van der Waals surface area contributed by atoms with E-state index in [1.807, 2.05) is 0 Å². The van der Waals surface area contributed by atoms with E-state index in [1.54, 1.807) is 0 Å². The van der Waals surface area contributed by atoms with Gasteiger partial charge in [0, 0.05) is 19.6 Å². The molecule has 0 aliphatic carbocycles. The fraction of sp³-hybridized carbons (Fsp3) is 0.500. The quantitative estimate of drug-likeness (QED) is 0.818. The van der Waals surface area contributed by atoms with Gasteiger partial charge >= 0.3 is 0 Å². The zero-order chi connectivity index (χ0) is 12.4. The summed E-state index contributed by atoms with van der Waals surface area (Å²) in [5.74, 6) is 0. The zero-order valence-electron chi connectivity index (χ0n) is 10.5. The SMILES string of the molecule is S=C1N(Cc2ccccc2)CCC2NCCCN12. The normalized spacial score (nSPS) is 24.0. The Kier molecular flexibility index (Phi) is 3.48. The molecule has 2 aliphatic rings. The summed E-state index contributed by atoms with van der Waals surface area (Å²) < 4.78 is 0. The predicted octanol–water partition coefficient (Wildman–Crippen LogP) is 1.80. The van der Waals surface area contributed by atoms with Gasteiger partial charge in [-0.25, -0.2) is 0 Å². The molecule has 0 saturated carbocycles. The molecule has 0 aromatic heterocycles. The highest BCUT2D eigenvalue weighted by Crippen LogP contribution is 2.19. The number of hydrogen-bond donors (Lipinski definition) is 1. The highest BCUT2D eigenvalue weighted by molar-refractivity contribution is 7.80. The van der Waals surface area contributed by atoms with Crippen molar-refractivity contribution < 1.29 is 0 Å². The summed E-state index contributed by atoms with van der Waals surface area (Å²) >= 11 is 5.64. The van der Waals surface area contributed by atoms with Gasteiger partial charge in [-0.05, 0) is 37.2 Å². The molecule has 1 atom stereocenters. The van der Waals surface area contributed by atoms with Crippen molar-refractivity contribution in [1.29, 1.82) is 0 Å². The molecule has 1 aromatic rings. The average molecular weight is 261 g/mol. The second-order valence-electron chi connectivity index (χ2n) is 5.00.